The van der Waals surface area contributed by atoms with Gasteiger partial charge < -0.3 is 10.8 Å². The van der Waals surface area contributed by atoms with E-state index in [1.165, 1.54) is 0 Å². The zero-order valence-corrected chi connectivity index (χ0v) is 8.32. The molecule has 0 atom stereocenters. The van der Waals surface area contributed by atoms with Gasteiger partial charge in [-0.3, -0.25) is 0 Å². The van der Waals surface area contributed by atoms with Gasteiger partial charge in [-0.25, -0.2) is 0 Å². The fourth-order valence-electron chi connectivity index (χ4n) is 1.32. The van der Waals surface area contributed by atoms with E-state index in [9.17, 15) is 5.11 Å². The van der Waals surface area contributed by atoms with Crippen molar-refractivity contribution in [2.45, 2.75) is 5.88 Å². The Morgan fingerprint density at radius 1 is 1.54 bits per heavy atom. The molecule has 0 unspecified atom stereocenters. The number of phenolic OH excluding ortho intramolecular Hbond substituents is 1. The molecule has 2 nitrogen and oxygen atoms in total. The van der Waals surface area contributed by atoms with Gasteiger partial charge in [-0.2, -0.15) is 0 Å². The number of alkyl halides is 1. The van der Waals surface area contributed by atoms with Gasteiger partial charge in [0.25, 0.3) is 0 Å². The molecule has 68 valence electrons. The summed E-state index contributed by atoms with van der Waals surface area (Å²) in [6.07, 6.45) is 0. The van der Waals surface area contributed by atoms with Crippen molar-refractivity contribution in [3.05, 3.63) is 23.1 Å². The van der Waals surface area contributed by atoms with Crippen molar-refractivity contribution >= 4 is 38.7 Å². The van der Waals surface area contributed by atoms with Crippen LogP contribution in [-0.2, 0) is 5.88 Å². The number of halogens is 1. The molecular weight excluding hydrogens is 206 g/mol. The summed E-state index contributed by atoms with van der Waals surface area (Å²) in [6.45, 7) is 0. The van der Waals surface area contributed by atoms with Crippen LogP contribution in [0.15, 0.2) is 17.5 Å². The number of hydrogen-bond donors (Lipinski definition) is 2. The molecule has 1 heterocycles. The lowest BCUT2D eigenvalue weighted by molar-refractivity contribution is 0.474. The van der Waals surface area contributed by atoms with Crippen molar-refractivity contribution in [1.82, 2.24) is 0 Å². The number of hydrogen-bond acceptors (Lipinski definition) is 3. The Kier molecular flexibility index (Phi) is 2.06. The molecule has 4 heteroatoms. The summed E-state index contributed by atoms with van der Waals surface area (Å²) < 4.78 is 1.02. The molecule has 0 radical (unpaired) electrons. The van der Waals surface area contributed by atoms with Crippen LogP contribution in [0.2, 0.25) is 0 Å². The normalized spacial score (nSPS) is 10.8. The first-order chi connectivity index (χ1) is 6.24. The summed E-state index contributed by atoms with van der Waals surface area (Å²) in [5.41, 5.74) is 6.74. The van der Waals surface area contributed by atoms with Crippen molar-refractivity contribution in [1.29, 1.82) is 0 Å². The maximum Gasteiger partial charge on any atom is 0.144 e. The van der Waals surface area contributed by atoms with Crippen LogP contribution >= 0.6 is 22.9 Å². The van der Waals surface area contributed by atoms with Gasteiger partial charge in [-0.05, 0) is 22.9 Å². The van der Waals surface area contributed by atoms with Gasteiger partial charge in [-0.15, -0.1) is 22.9 Å². The second kappa shape index (κ2) is 3.09. The van der Waals surface area contributed by atoms with Crippen molar-refractivity contribution in [3.8, 4) is 5.75 Å². The van der Waals surface area contributed by atoms with Gasteiger partial charge in [0.05, 0.1) is 11.6 Å². The van der Waals surface area contributed by atoms with Crippen molar-refractivity contribution in [3.63, 3.8) is 0 Å². The number of nitrogen functional groups attached to an aromatic ring is 1. The molecule has 0 aliphatic heterocycles. The molecule has 0 bridgehead atoms. The Labute approximate surface area is 84.6 Å². The zero-order chi connectivity index (χ0) is 9.42. The average molecular weight is 214 g/mol. The van der Waals surface area contributed by atoms with E-state index in [4.69, 9.17) is 17.3 Å². The van der Waals surface area contributed by atoms with E-state index in [1.807, 2.05) is 11.4 Å². The lowest BCUT2D eigenvalue weighted by Gasteiger charge is -2.05. The molecule has 0 aliphatic rings. The molecule has 13 heavy (non-hydrogen) atoms. The maximum atomic E-state index is 9.61. The predicted octanol–water partition coefficient (Wildman–Crippen LogP) is 2.93. The average Bonchev–Trinajstić information content (AvgIpc) is 2.54. The fraction of sp³-hybridized carbons (Fsp3) is 0.111. The van der Waals surface area contributed by atoms with E-state index in [2.05, 4.69) is 0 Å². The third kappa shape index (κ3) is 1.24. The lowest BCUT2D eigenvalue weighted by atomic mass is 10.1. The van der Waals surface area contributed by atoms with Crippen LogP contribution in [0.25, 0.3) is 10.1 Å². The Balaban J connectivity index is 2.87. The minimum atomic E-state index is 0.116. The Morgan fingerprint density at radius 3 is 3.00 bits per heavy atom. The van der Waals surface area contributed by atoms with E-state index in [1.54, 1.807) is 17.4 Å². The number of phenols is 1. The zero-order valence-electron chi connectivity index (χ0n) is 6.75. The highest BCUT2D eigenvalue weighted by atomic mass is 35.5. The monoisotopic (exact) mass is 213 g/mol. The van der Waals surface area contributed by atoms with E-state index >= 15 is 0 Å². The SMILES string of the molecule is Nc1cc2ccsc2c(CCl)c1O. The molecule has 0 spiro atoms. The van der Waals surface area contributed by atoms with Crippen LogP contribution in [0.4, 0.5) is 5.69 Å². The molecule has 0 amide bonds. The number of nitrogens with two attached hydrogens (primary N) is 1. The van der Waals surface area contributed by atoms with Crippen LogP contribution < -0.4 is 5.73 Å². The predicted molar refractivity (Wildman–Crippen MR) is 57.5 cm³/mol. The highest BCUT2D eigenvalue weighted by molar-refractivity contribution is 7.17. The fourth-order valence-corrected chi connectivity index (χ4v) is 2.58. The van der Waals surface area contributed by atoms with Crippen molar-refractivity contribution < 1.29 is 5.11 Å². The topological polar surface area (TPSA) is 46.2 Å². The first kappa shape index (κ1) is 8.66. The smallest absolute Gasteiger partial charge is 0.144 e. The summed E-state index contributed by atoms with van der Waals surface area (Å²) in [6, 6.07) is 3.73. The van der Waals surface area contributed by atoms with Crippen LogP contribution in [0.3, 0.4) is 0 Å². The number of thiophene rings is 1. The standard InChI is InChI=1S/C9H8ClNOS/c10-4-6-8(12)7(11)3-5-1-2-13-9(5)6/h1-3,12H,4,11H2. The summed E-state index contributed by atoms with van der Waals surface area (Å²) in [5, 5.41) is 12.6. The molecule has 0 saturated carbocycles. The number of aromatic hydroxyl groups is 1. The summed E-state index contributed by atoms with van der Waals surface area (Å²) >= 11 is 7.29. The molecule has 0 saturated heterocycles. The molecule has 1 aromatic heterocycles. The van der Waals surface area contributed by atoms with Crippen LogP contribution in [0.5, 0.6) is 5.75 Å². The Hall–Kier alpha value is -0.930. The van der Waals surface area contributed by atoms with Gasteiger partial charge in [-0.1, -0.05) is 0 Å². The lowest BCUT2D eigenvalue weighted by Crippen LogP contribution is -1.89. The number of rotatable bonds is 1. The number of benzene rings is 1. The van der Waals surface area contributed by atoms with E-state index < -0.39 is 0 Å². The summed E-state index contributed by atoms with van der Waals surface area (Å²) in [5.74, 6) is 0.401. The van der Waals surface area contributed by atoms with Crippen molar-refractivity contribution in [2.24, 2.45) is 0 Å². The highest BCUT2D eigenvalue weighted by Gasteiger charge is 2.10. The molecule has 2 aromatic rings. The highest BCUT2D eigenvalue weighted by Crippen LogP contribution is 2.36. The Bertz CT molecular complexity index is 452. The molecular formula is C9H8ClNOS. The number of fused-ring (bicyclic) bond motifs is 1. The summed E-state index contributed by atoms with van der Waals surface area (Å²) in [7, 11) is 0. The number of anilines is 1. The second-order valence-electron chi connectivity index (χ2n) is 2.77. The van der Waals surface area contributed by atoms with Gasteiger partial charge in [0.1, 0.15) is 5.75 Å². The van der Waals surface area contributed by atoms with Crippen LogP contribution in [0.1, 0.15) is 5.56 Å². The Morgan fingerprint density at radius 2 is 2.31 bits per heavy atom. The summed E-state index contributed by atoms with van der Waals surface area (Å²) in [4.78, 5) is 0. The minimum absolute atomic E-state index is 0.116. The quantitative estimate of drug-likeness (QED) is 0.435. The van der Waals surface area contributed by atoms with Crippen LogP contribution in [-0.4, -0.2) is 5.11 Å². The van der Waals surface area contributed by atoms with E-state index in [0.29, 0.717) is 5.69 Å². The van der Waals surface area contributed by atoms with Gasteiger partial charge >= 0.3 is 0 Å². The maximum absolute atomic E-state index is 9.61. The van der Waals surface area contributed by atoms with E-state index in [0.717, 1.165) is 15.6 Å². The van der Waals surface area contributed by atoms with E-state index in [-0.39, 0.29) is 11.6 Å². The minimum Gasteiger partial charge on any atom is -0.505 e. The third-order valence-electron chi connectivity index (χ3n) is 1.97. The first-order valence-corrected chi connectivity index (χ1v) is 5.19. The molecule has 1 aromatic carbocycles. The molecule has 3 N–H and O–H groups in total. The van der Waals surface area contributed by atoms with Gasteiger partial charge in [0, 0.05) is 10.3 Å². The third-order valence-corrected chi connectivity index (χ3v) is 3.23. The van der Waals surface area contributed by atoms with Gasteiger partial charge in [0.2, 0.25) is 0 Å². The van der Waals surface area contributed by atoms with Crippen molar-refractivity contribution in [2.75, 3.05) is 5.73 Å². The largest absolute Gasteiger partial charge is 0.505 e. The second-order valence-corrected chi connectivity index (χ2v) is 3.95. The first-order valence-electron chi connectivity index (χ1n) is 3.77. The molecule has 0 fully saturated rings. The van der Waals surface area contributed by atoms with Gasteiger partial charge in [0.15, 0.2) is 0 Å². The van der Waals surface area contributed by atoms with Crippen LogP contribution in [0, 0.1) is 0 Å². The molecule has 2 rings (SSSR count). The molecule has 0 aliphatic carbocycles.